The van der Waals surface area contributed by atoms with Crippen molar-refractivity contribution in [2.75, 3.05) is 0 Å². The van der Waals surface area contributed by atoms with E-state index in [1.807, 2.05) is 0 Å². The summed E-state index contributed by atoms with van der Waals surface area (Å²) in [5.41, 5.74) is 0.0845. The van der Waals surface area contributed by atoms with Crippen LogP contribution >= 0.6 is 0 Å². The van der Waals surface area contributed by atoms with Gasteiger partial charge in [-0.3, -0.25) is 0 Å². The quantitative estimate of drug-likeness (QED) is 0.200. The highest BCUT2D eigenvalue weighted by Crippen LogP contribution is 2.51. The highest BCUT2D eigenvalue weighted by atomic mass is 16.5. The Morgan fingerprint density at radius 3 is 1.37 bits per heavy atom. The molecule has 10 rings (SSSR count). The molecule has 46 heavy (non-hydrogen) atoms. The number of rotatable bonds is 3. The number of ether oxygens (including phenoxy) is 2. The standard InChI is InChI=1S/C44H26O2/c1-2-10-27(11-3-1)28-24-29(31-20-22-41-43-35(31)14-8-16-37(43)33-12-4-6-18-39(33)45-41)26-30(25-28)32-21-23-42-44-36(32)15-9-17-38(44)34-13-5-7-19-40(34)46-42/h1-26H/i4D,5D,6D,7D,8D,9D,12D,13D,14D,15D,16D,17D,18D,19D,20D,21D,22D,23D. The molecule has 2 heteroatoms. The molecule has 0 saturated heterocycles. The fourth-order valence-electron chi connectivity index (χ4n) is 6.12. The first-order valence-corrected chi connectivity index (χ1v) is 14.2. The maximum Gasteiger partial charge on any atom is 0.135 e. The third-order valence-corrected chi connectivity index (χ3v) is 8.14. The van der Waals surface area contributed by atoms with E-state index in [-0.39, 0.29) is 77.6 Å². The summed E-state index contributed by atoms with van der Waals surface area (Å²) in [5, 5.41) is -0.535. The molecule has 2 nitrogen and oxygen atoms in total. The topological polar surface area (TPSA) is 18.5 Å². The van der Waals surface area contributed by atoms with Crippen molar-refractivity contribution in [3.05, 3.63) is 157 Å². The molecule has 0 unspecified atom stereocenters. The summed E-state index contributed by atoms with van der Waals surface area (Å²) in [5.74, 6) is -1.54. The van der Waals surface area contributed by atoms with Gasteiger partial charge in [-0.15, -0.1) is 0 Å². The van der Waals surface area contributed by atoms with Gasteiger partial charge in [0.05, 0.1) is 24.7 Å². The maximum absolute atomic E-state index is 9.47. The number of para-hydroxylation sites is 2. The monoisotopic (exact) mass is 604 g/mol. The minimum atomic E-state index is -0.647. The minimum absolute atomic E-state index is 0.111. The van der Waals surface area contributed by atoms with Crippen molar-refractivity contribution in [1.82, 2.24) is 0 Å². The van der Waals surface area contributed by atoms with Gasteiger partial charge in [0, 0.05) is 21.9 Å². The Balaban J connectivity index is 1.37. The van der Waals surface area contributed by atoms with Gasteiger partial charge in [-0.2, -0.15) is 0 Å². The predicted octanol–water partition coefficient (Wildman–Crippen LogP) is 12.5. The number of hydrogen-bond acceptors (Lipinski definition) is 2. The predicted molar refractivity (Wildman–Crippen MR) is 189 cm³/mol. The lowest BCUT2D eigenvalue weighted by molar-refractivity contribution is 0.487. The lowest BCUT2D eigenvalue weighted by Crippen LogP contribution is -1.98. The van der Waals surface area contributed by atoms with E-state index in [0.29, 0.717) is 11.1 Å². The van der Waals surface area contributed by atoms with E-state index >= 15 is 0 Å². The first-order chi connectivity index (χ1) is 30.3. The van der Waals surface area contributed by atoms with Gasteiger partial charge in [0.15, 0.2) is 0 Å². The fourth-order valence-corrected chi connectivity index (χ4v) is 6.12. The molecule has 0 amide bonds. The Morgan fingerprint density at radius 1 is 0.348 bits per heavy atom. The van der Waals surface area contributed by atoms with E-state index < -0.39 is 120 Å². The van der Waals surface area contributed by atoms with E-state index in [4.69, 9.17) is 25.9 Å². The minimum Gasteiger partial charge on any atom is -0.456 e. The molecule has 0 fully saturated rings. The van der Waals surface area contributed by atoms with Crippen LogP contribution in [0.15, 0.2) is 157 Å². The van der Waals surface area contributed by atoms with Crippen LogP contribution in [0.2, 0.25) is 0 Å². The second-order valence-corrected chi connectivity index (χ2v) is 10.7. The lowest BCUT2D eigenvalue weighted by atomic mass is 9.86. The van der Waals surface area contributed by atoms with E-state index in [2.05, 4.69) is 0 Å². The maximum atomic E-state index is 9.47. The van der Waals surface area contributed by atoms with Gasteiger partial charge in [-0.25, -0.2) is 0 Å². The Kier molecular flexibility index (Phi) is 2.84. The van der Waals surface area contributed by atoms with Crippen LogP contribution in [0.4, 0.5) is 0 Å². The molecule has 2 heterocycles. The molecular weight excluding hydrogens is 560 g/mol. The third kappa shape index (κ3) is 3.71. The fraction of sp³-hybridized carbons (Fsp3) is 0. The van der Waals surface area contributed by atoms with Crippen LogP contribution in [0.25, 0.3) is 77.2 Å². The highest BCUT2D eigenvalue weighted by molar-refractivity contribution is 6.12. The molecule has 0 N–H and O–H groups in total. The number of hydrogen-bond donors (Lipinski definition) is 0. The summed E-state index contributed by atoms with van der Waals surface area (Å²) in [7, 11) is 0. The molecule has 0 aromatic heterocycles. The van der Waals surface area contributed by atoms with Crippen molar-refractivity contribution in [3.8, 4) is 78.6 Å². The van der Waals surface area contributed by atoms with Crippen molar-refractivity contribution < 1.29 is 34.1 Å². The van der Waals surface area contributed by atoms with Crippen LogP contribution in [0.1, 0.15) is 24.7 Å². The molecule has 214 valence electrons. The van der Waals surface area contributed by atoms with Crippen LogP contribution < -0.4 is 9.47 Å². The molecular formula is C44H26O2. The number of fused-ring (bicyclic) bond motifs is 4. The van der Waals surface area contributed by atoms with Crippen LogP contribution in [0.5, 0.6) is 23.0 Å². The second-order valence-electron chi connectivity index (χ2n) is 10.7. The zero-order valence-corrected chi connectivity index (χ0v) is 23.4. The molecule has 8 aromatic rings. The van der Waals surface area contributed by atoms with Gasteiger partial charge in [-0.05, 0) is 97.6 Å². The van der Waals surface area contributed by atoms with Crippen LogP contribution in [0, 0.1) is 0 Å². The molecule has 2 aliphatic heterocycles. The van der Waals surface area contributed by atoms with Gasteiger partial charge in [0.2, 0.25) is 0 Å². The smallest absolute Gasteiger partial charge is 0.135 e. The largest absolute Gasteiger partial charge is 0.456 e. The Morgan fingerprint density at radius 2 is 0.826 bits per heavy atom. The van der Waals surface area contributed by atoms with Crippen molar-refractivity contribution in [1.29, 1.82) is 0 Å². The van der Waals surface area contributed by atoms with Crippen LogP contribution in [0.3, 0.4) is 0 Å². The lowest BCUT2D eigenvalue weighted by Gasteiger charge is -2.23. The molecule has 0 bridgehead atoms. The van der Waals surface area contributed by atoms with Gasteiger partial charge in [0.1, 0.15) is 23.0 Å². The summed E-state index contributed by atoms with van der Waals surface area (Å²) < 4.78 is 172. The average molecular weight is 605 g/mol. The van der Waals surface area contributed by atoms with E-state index in [1.54, 1.807) is 42.5 Å². The molecule has 0 saturated carbocycles. The summed E-state index contributed by atoms with van der Waals surface area (Å²) in [6, 6.07) is 2.81. The SMILES string of the molecule is [2H]c1c([2H])c([2H])c2c(c1[2H])Oc1c([2H])c([2H])c(-c3cc(-c4ccccc4)cc(-c4c([2H])c([2H])c5c6c(c([2H])c([2H])c([2H])c46)-c4c([2H])c([2H])c([2H])c([2H])c4O5)c3)c3c([2H])c([2H])c([2H])c-2c13. The van der Waals surface area contributed by atoms with Gasteiger partial charge < -0.3 is 9.47 Å². The van der Waals surface area contributed by atoms with Crippen LogP contribution in [-0.2, 0) is 0 Å². The van der Waals surface area contributed by atoms with Crippen LogP contribution in [-0.4, -0.2) is 0 Å². The van der Waals surface area contributed by atoms with E-state index in [9.17, 15) is 8.22 Å². The first kappa shape index (κ1) is 13.5. The molecule has 0 radical (unpaired) electrons. The van der Waals surface area contributed by atoms with E-state index in [0.717, 1.165) is 0 Å². The zero-order valence-electron chi connectivity index (χ0n) is 41.4. The van der Waals surface area contributed by atoms with Gasteiger partial charge in [0.25, 0.3) is 0 Å². The van der Waals surface area contributed by atoms with Crippen molar-refractivity contribution in [2.24, 2.45) is 0 Å². The average Bonchev–Trinajstić information content (AvgIpc) is 3.29. The molecule has 0 atom stereocenters. The zero-order chi connectivity index (χ0) is 45.9. The molecule has 0 aliphatic carbocycles. The van der Waals surface area contributed by atoms with Crippen molar-refractivity contribution in [2.45, 2.75) is 0 Å². The van der Waals surface area contributed by atoms with Crippen molar-refractivity contribution in [3.63, 3.8) is 0 Å². The summed E-state index contributed by atoms with van der Waals surface area (Å²) >= 11 is 0. The second kappa shape index (κ2) is 9.69. The normalized spacial score (nSPS) is 17.7. The molecule has 0 spiro atoms. The Hall–Kier alpha value is -6.12. The van der Waals surface area contributed by atoms with E-state index in [1.165, 1.54) is 6.07 Å². The number of benzene rings is 8. The Labute approximate surface area is 292 Å². The van der Waals surface area contributed by atoms with Gasteiger partial charge >= 0.3 is 0 Å². The highest BCUT2D eigenvalue weighted by Gasteiger charge is 2.23. The third-order valence-electron chi connectivity index (χ3n) is 8.14. The summed E-state index contributed by atoms with van der Waals surface area (Å²) in [6.07, 6.45) is 0. The Bertz CT molecular complexity index is 3330. The first-order valence-electron chi connectivity index (χ1n) is 23.2. The summed E-state index contributed by atoms with van der Waals surface area (Å²) in [4.78, 5) is 0. The van der Waals surface area contributed by atoms with Gasteiger partial charge in [-0.1, -0.05) is 115 Å². The van der Waals surface area contributed by atoms with Crippen molar-refractivity contribution >= 4 is 21.5 Å². The summed E-state index contributed by atoms with van der Waals surface area (Å²) in [6.45, 7) is 0. The molecule has 2 aliphatic rings. The molecule has 8 aromatic carbocycles.